The molecule has 2 aromatic carbocycles. The van der Waals surface area contributed by atoms with Crippen molar-refractivity contribution in [2.24, 2.45) is 5.92 Å². The Labute approximate surface area is 174 Å². The molecule has 9 heteroatoms. The highest BCUT2D eigenvalue weighted by molar-refractivity contribution is 7.89. The van der Waals surface area contributed by atoms with E-state index in [1.54, 1.807) is 19.1 Å². The Kier molecular flexibility index (Phi) is 6.72. The van der Waals surface area contributed by atoms with E-state index in [1.807, 2.05) is 6.92 Å². The van der Waals surface area contributed by atoms with Crippen LogP contribution >= 0.6 is 0 Å². The molecule has 1 aliphatic heterocycles. The van der Waals surface area contributed by atoms with E-state index in [1.165, 1.54) is 16.4 Å². The molecule has 0 radical (unpaired) electrons. The van der Waals surface area contributed by atoms with Gasteiger partial charge in [0.25, 0.3) is 0 Å². The number of rotatable bonds is 6. The zero-order valence-electron chi connectivity index (χ0n) is 16.8. The summed E-state index contributed by atoms with van der Waals surface area (Å²) in [4.78, 5) is 12.7. The first-order valence-electron chi connectivity index (χ1n) is 9.72. The summed E-state index contributed by atoms with van der Waals surface area (Å²) in [6, 6.07) is 7.77. The van der Waals surface area contributed by atoms with Gasteiger partial charge >= 0.3 is 0 Å². The highest BCUT2D eigenvalue weighted by atomic mass is 32.2. The normalized spacial score (nSPS) is 17.5. The van der Waals surface area contributed by atoms with Crippen molar-refractivity contribution in [3.63, 3.8) is 0 Å². The van der Waals surface area contributed by atoms with Crippen LogP contribution in [0.15, 0.2) is 41.3 Å². The van der Waals surface area contributed by atoms with E-state index in [9.17, 15) is 22.0 Å². The summed E-state index contributed by atoms with van der Waals surface area (Å²) in [6.45, 7) is 4.43. The van der Waals surface area contributed by atoms with Crippen molar-refractivity contribution in [3.05, 3.63) is 53.6 Å². The van der Waals surface area contributed by atoms with Crippen LogP contribution in [-0.4, -0.2) is 38.3 Å². The third kappa shape index (κ3) is 4.79. The third-order valence-electron chi connectivity index (χ3n) is 5.03. The standard InChI is InChI=1S/C21H24F2N2O4S/c1-3-29-20-9-7-17(11-14(20)2)30(27,28)25-10-4-5-15(13-25)21(26)24-16-6-8-18(22)19(23)12-16/h6-9,11-12,15H,3-5,10,13H2,1-2H3,(H,24,26)/t15-/m0/s1. The Morgan fingerprint density at radius 1 is 1.20 bits per heavy atom. The smallest absolute Gasteiger partial charge is 0.243 e. The maximum atomic E-state index is 13.4. The summed E-state index contributed by atoms with van der Waals surface area (Å²) in [5, 5.41) is 2.54. The van der Waals surface area contributed by atoms with Crippen molar-refractivity contribution in [1.29, 1.82) is 0 Å². The second kappa shape index (κ2) is 9.09. The number of carbonyl (C=O) groups is 1. The average Bonchev–Trinajstić information content (AvgIpc) is 2.72. The highest BCUT2D eigenvalue weighted by Crippen LogP contribution is 2.28. The number of nitrogens with one attached hydrogen (secondary N) is 1. The molecule has 0 saturated carbocycles. The van der Waals surface area contributed by atoms with Gasteiger partial charge in [-0.25, -0.2) is 17.2 Å². The maximum absolute atomic E-state index is 13.4. The maximum Gasteiger partial charge on any atom is 0.243 e. The molecular weight excluding hydrogens is 414 g/mol. The summed E-state index contributed by atoms with van der Waals surface area (Å²) in [5.41, 5.74) is 0.837. The molecule has 162 valence electrons. The van der Waals surface area contributed by atoms with Crippen LogP contribution in [0, 0.1) is 24.5 Å². The van der Waals surface area contributed by atoms with Crippen LogP contribution in [0.25, 0.3) is 0 Å². The number of benzene rings is 2. The molecule has 0 aliphatic carbocycles. The van der Waals surface area contributed by atoms with Gasteiger partial charge in [-0.15, -0.1) is 0 Å². The van der Waals surface area contributed by atoms with E-state index < -0.39 is 33.5 Å². The quantitative estimate of drug-likeness (QED) is 0.746. The molecule has 2 aromatic rings. The fourth-order valence-electron chi connectivity index (χ4n) is 3.44. The van der Waals surface area contributed by atoms with E-state index in [4.69, 9.17) is 4.74 Å². The van der Waals surface area contributed by atoms with Gasteiger partial charge in [0, 0.05) is 24.8 Å². The van der Waals surface area contributed by atoms with Crippen LogP contribution in [0.2, 0.25) is 0 Å². The monoisotopic (exact) mass is 438 g/mol. The van der Waals surface area contributed by atoms with Crippen LogP contribution < -0.4 is 10.1 Å². The van der Waals surface area contributed by atoms with Crippen molar-refractivity contribution in [3.8, 4) is 5.75 Å². The van der Waals surface area contributed by atoms with Crippen LogP contribution in [0.3, 0.4) is 0 Å². The summed E-state index contributed by atoms with van der Waals surface area (Å²) < 4.78 is 59.3. The lowest BCUT2D eigenvalue weighted by atomic mass is 9.98. The molecule has 0 bridgehead atoms. The van der Waals surface area contributed by atoms with Gasteiger partial charge in [-0.05, 0) is 62.6 Å². The predicted molar refractivity (Wildman–Crippen MR) is 109 cm³/mol. The fourth-order valence-corrected chi connectivity index (χ4v) is 5.05. The highest BCUT2D eigenvalue weighted by Gasteiger charge is 2.33. The summed E-state index contributed by atoms with van der Waals surface area (Å²) in [5.74, 6) is -2.46. The topological polar surface area (TPSA) is 75.7 Å². The van der Waals surface area contributed by atoms with Gasteiger partial charge < -0.3 is 10.1 Å². The lowest BCUT2D eigenvalue weighted by Gasteiger charge is -2.31. The summed E-state index contributed by atoms with van der Waals surface area (Å²) in [7, 11) is -3.78. The first kappa shape index (κ1) is 22.2. The second-order valence-corrected chi connectivity index (χ2v) is 9.12. The zero-order valence-corrected chi connectivity index (χ0v) is 17.6. The number of anilines is 1. The fraction of sp³-hybridized carbons (Fsp3) is 0.381. The van der Waals surface area contributed by atoms with Crippen molar-refractivity contribution in [1.82, 2.24) is 4.31 Å². The van der Waals surface area contributed by atoms with Crippen molar-refractivity contribution < 1.29 is 26.7 Å². The van der Waals surface area contributed by atoms with E-state index in [2.05, 4.69) is 5.32 Å². The molecule has 0 aromatic heterocycles. The van der Waals surface area contributed by atoms with Gasteiger partial charge in [-0.1, -0.05) is 0 Å². The molecule has 1 atom stereocenters. The molecule has 1 heterocycles. The van der Waals surface area contributed by atoms with Gasteiger partial charge in [0.15, 0.2) is 11.6 Å². The Morgan fingerprint density at radius 2 is 1.97 bits per heavy atom. The Hall–Kier alpha value is -2.52. The van der Waals surface area contributed by atoms with Crippen molar-refractivity contribution in [2.45, 2.75) is 31.6 Å². The van der Waals surface area contributed by atoms with Gasteiger partial charge in [0.05, 0.1) is 17.4 Å². The number of ether oxygens (including phenoxy) is 1. The molecule has 3 rings (SSSR count). The van der Waals surface area contributed by atoms with Crippen LogP contribution in [0.1, 0.15) is 25.3 Å². The minimum Gasteiger partial charge on any atom is -0.494 e. The molecule has 1 saturated heterocycles. The number of carbonyl (C=O) groups excluding carboxylic acids is 1. The molecule has 1 N–H and O–H groups in total. The number of hydrogen-bond donors (Lipinski definition) is 1. The van der Waals surface area contributed by atoms with E-state index >= 15 is 0 Å². The number of nitrogens with zero attached hydrogens (tertiary/aromatic N) is 1. The first-order valence-corrected chi connectivity index (χ1v) is 11.2. The first-order chi connectivity index (χ1) is 14.2. The van der Waals surface area contributed by atoms with E-state index in [0.717, 1.165) is 12.1 Å². The van der Waals surface area contributed by atoms with Crippen LogP contribution in [0.5, 0.6) is 5.75 Å². The minimum absolute atomic E-state index is 0.0180. The minimum atomic E-state index is -3.78. The average molecular weight is 438 g/mol. The van der Waals surface area contributed by atoms with Crippen molar-refractivity contribution in [2.75, 3.05) is 25.0 Å². The van der Waals surface area contributed by atoms with E-state index in [0.29, 0.717) is 37.3 Å². The number of halogens is 2. The number of hydrogen-bond acceptors (Lipinski definition) is 4. The molecule has 0 spiro atoms. The molecule has 30 heavy (non-hydrogen) atoms. The molecule has 1 aliphatic rings. The molecular formula is C21H24F2N2O4S. The lowest BCUT2D eigenvalue weighted by Crippen LogP contribution is -2.43. The summed E-state index contributed by atoms with van der Waals surface area (Å²) in [6.07, 6.45) is 1.02. The zero-order chi connectivity index (χ0) is 21.9. The SMILES string of the molecule is CCOc1ccc(S(=O)(=O)N2CCC[C@H](C(=O)Nc3ccc(F)c(F)c3)C2)cc1C. The predicted octanol–water partition coefficient (Wildman–Crippen LogP) is 3.71. The number of sulfonamides is 1. The van der Waals surface area contributed by atoms with Gasteiger partial charge in [-0.3, -0.25) is 4.79 Å². The molecule has 6 nitrogen and oxygen atoms in total. The lowest BCUT2D eigenvalue weighted by molar-refractivity contribution is -0.120. The molecule has 0 unspecified atom stereocenters. The Morgan fingerprint density at radius 3 is 2.63 bits per heavy atom. The molecule has 1 fully saturated rings. The second-order valence-electron chi connectivity index (χ2n) is 7.18. The largest absolute Gasteiger partial charge is 0.494 e. The van der Waals surface area contributed by atoms with Crippen LogP contribution in [-0.2, 0) is 14.8 Å². The van der Waals surface area contributed by atoms with Gasteiger partial charge in [-0.2, -0.15) is 4.31 Å². The number of piperidine rings is 1. The van der Waals surface area contributed by atoms with Crippen LogP contribution in [0.4, 0.5) is 14.5 Å². The van der Waals surface area contributed by atoms with Crippen molar-refractivity contribution >= 4 is 21.6 Å². The van der Waals surface area contributed by atoms with Gasteiger partial charge in [0.1, 0.15) is 5.75 Å². The molecule has 1 amide bonds. The number of amides is 1. The third-order valence-corrected chi connectivity index (χ3v) is 6.89. The Bertz CT molecular complexity index is 1040. The number of aryl methyl sites for hydroxylation is 1. The Balaban J connectivity index is 1.73. The van der Waals surface area contributed by atoms with E-state index in [-0.39, 0.29) is 17.1 Å². The summed E-state index contributed by atoms with van der Waals surface area (Å²) >= 11 is 0. The van der Waals surface area contributed by atoms with Gasteiger partial charge in [0.2, 0.25) is 15.9 Å².